The molecular weight excluding hydrogens is 265 g/mol. The minimum Gasteiger partial charge on any atom is -0.237 e. The Balaban J connectivity index is 2.48. The largest absolute Gasteiger partial charge is 0.237 e. The number of pyridine rings is 1. The summed E-state index contributed by atoms with van der Waals surface area (Å²) in [5.74, 6) is 0.854. The van der Waals surface area contributed by atoms with Crippen molar-refractivity contribution in [1.29, 1.82) is 0 Å². The summed E-state index contributed by atoms with van der Waals surface area (Å²) < 4.78 is 2.90. The molecule has 2 aromatic heterocycles. The van der Waals surface area contributed by atoms with Crippen molar-refractivity contribution in [3.05, 3.63) is 40.4 Å². The van der Waals surface area contributed by atoms with Gasteiger partial charge in [-0.05, 0) is 40.8 Å². The van der Waals surface area contributed by atoms with Crippen LogP contribution in [-0.2, 0) is 0 Å². The van der Waals surface area contributed by atoms with Gasteiger partial charge in [-0.25, -0.2) is 9.67 Å². The average Bonchev–Trinajstić information content (AvgIpc) is 2.56. The Morgan fingerprint density at radius 1 is 1.33 bits per heavy atom. The molecule has 0 bridgehead atoms. The summed E-state index contributed by atoms with van der Waals surface area (Å²) >= 11 is 2.25. The van der Waals surface area contributed by atoms with Gasteiger partial charge in [0, 0.05) is 22.2 Å². The van der Waals surface area contributed by atoms with Crippen LogP contribution >= 0.6 is 22.6 Å². The zero-order valence-electron chi connectivity index (χ0n) is 6.18. The minimum absolute atomic E-state index is 0.854. The molecule has 0 unspecified atom stereocenters. The predicted molar refractivity (Wildman–Crippen MR) is 54.1 cm³/mol. The van der Waals surface area contributed by atoms with E-state index in [0.29, 0.717) is 0 Å². The first kappa shape index (κ1) is 7.72. The van der Waals surface area contributed by atoms with Crippen LogP contribution in [-0.4, -0.2) is 14.8 Å². The molecule has 0 aromatic carbocycles. The van der Waals surface area contributed by atoms with Crippen molar-refractivity contribution in [2.45, 2.75) is 0 Å². The topological polar surface area (TPSA) is 30.7 Å². The normalized spacial score (nSPS) is 10.1. The quantitative estimate of drug-likeness (QED) is 0.741. The summed E-state index contributed by atoms with van der Waals surface area (Å²) in [6.45, 7) is 0. The van der Waals surface area contributed by atoms with Crippen LogP contribution in [0.25, 0.3) is 5.82 Å². The molecule has 0 saturated heterocycles. The standard InChI is InChI=1S/C8H6IN3/c9-7-2-4-10-8(6-7)12-5-1-3-11-12/h1-6H. The van der Waals surface area contributed by atoms with E-state index in [0.717, 1.165) is 9.39 Å². The van der Waals surface area contributed by atoms with Crippen molar-refractivity contribution in [3.8, 4) is 5.82 Å². The van der Waals surface area contributed by atoms with E-state index in [9.17, 15) is 0 Å². The number of hydrogen-bond donors (Lipinski definition) is 0. The van der Waals surface area contributed by atoms with Crippen LogP contribution in [0.4, 0.5) is 0 Å². The van der Waals surface area contributed by atoms with E-state index in [1.807, 2.05) is 24.4 Å². The van der Waals surface area contributed by atoms with E-state index in [2.05, 4.69) is 32.7 Å². The number of hydrogen-bond acceptors (Lipinski definition) is 2. The Labute approximate surface area is 83.6 Å². The van der Waals surface area contributed by atoms with Crippen LogP contribution in [0, 0.1) is 3.57 Å². The molecule has 0 aliphatic heterocycles. The number of rotatable bonds is 1. The molecule has 4 heteroatoms. The van der Waals surface area contributed by atoms with Crippen LogP contribution in [0.5, 0.6) is 0 Å². The summed E-state index contributed by atoms with van der Waals surface area (Å²) in [4.78, 5) is 4.18. The molecule has 2 rings (SSSR count). The van der Waals surface area contributed by atoms with Gasteiger partial charge in [0.2, 0.25) is 0 Å². The fraction of sp³-hybridized carbons (Fsp3) is 0. The fourth-order valence-corrected chi connectivity index (χ4v) is 1.36. The monoisotopic (exact) mass is 271 g/mol. The van der Waals surface area contributed by atoms with E-state index in [4.69, 9.17) is 0 Å². The lowest BCUT2D eigenvalue weighted by Gasteiger charge is -1.98. The van der Waals surface area contributed by atoms with Gasteiger partial charge in [-0.2, -0.15) is 5.10 Å². The zero-order chi connectivity index (χ0) is 8.39. The van der Waals surface area contributed by atoms with E-state index in [-0.39, 0.29) is 0 Å². The second-order valence-electron chi connectivity index (χ2n) is 2.28. The highest BCUT2D eigenvalue weighted by Crippen LogP contribution is 2.07. The van der Waals surface area contributed by atoms with Gasteiger partial charge in [0.05, 0.1) is 0 Å². The van der Waals surface area contributed by atoms with Crippen LogP contribution in [0.2, 0.25) is 0 Å². The summed E-state index contributed by atoms with van der Waals surface area (Å²) in [6.07, 6.45) is 5.39. The molecule has 3 nitrogen and oxygen atoms in total. The third-order valence-corrected chi connectivity index (χ3v) is 2.12. The molecular formula is C8H6IN3. The summed E-state index contributed by atoms with van der Waals surface area (Å²) in [5.41, 5.74) is 0. The molecule has 60 valence electrons. The molecule has 2 aromatic rings. The van der Waals surface area contributed by atoms with E-state index in [1.165, 1.54) is 0 Å². The Morgan fingerprint density at radius 2 is 2.25 bits per heavy atom. The first-order valence-corrected chi connectivity index (χ1v) is 4.56. The smallest absolute Gasteiger partial charge is 0.154 e. The van der Waals surface area contributed by atoms with Gasteiger partial charge in [-0.1, -0.05) is 0 Å². The summed E-state index contributed by atoms with van der Waals surface area (Å²) in [6, 6.07) is 5.81. The SMILES string of the molecule is Ic1ccnc(-n2cccn2)c1. The van der Waals surface area contributed by atoms with Gasteiger partial charge in [0.1, 0.15) is 0 Å². The first-order chi connectivity index (χ1) is 5.86. The van der Waals surface area contributed by atoms with Crippen molar-refractivity contribution < 1.29 is 0 Å². The lowest BCUT2D eigenvalue weighted by atomic mass is 10.5. The first-order valence-electron chi connectivity index (χ1n) is 3.48. The van der Waals surface area contributed by atoms with Crippen molar-refractivity contribution in [2.24, 2.45) is 0 Å². The predicted octanol–water partition coefficient (Wildman–Crippen LogP) is 1.87. The lowest BCUT2D eigenvalue weighted by molar-refractivity contribution is 0.846. The third kappa shape index (κ3) is 1.47. The summed E-state index contributed by atoms with van der Waals surface area (Å²) in [5, 5.41) is 4.08. The molecule has 2 heterocycles. The molecule has 0 radical (unpaired) electrons. The van der Waals surface area contributed by atoms with Crippen molar-refractivity contribution in [1.82, 2.24) is 14.8 Å². The molecule has 12 heavy (non-hydrogen) atoms. The maximum atomic E-state index is 4.18. The number of nitrogens with zero attached hydrogens (tertiary/aromatic N) is 3. The molecule has 0 atom stereocenters. The molecule has 0 saturated carbocycles. The van der Waals surface area contributed by atoms with Crippen LogP contribution < -0.4 is 0 Å². The maximum Gasteiger partial charge on any atom is 0.154 e. The highest BCUT2D eigenvalue weighted by atomic mass is 127. The van der Waals surface area contributed by atoms with Gasteiger partial charge in [-0.15, -0.1) is 0 Å². The van der Waals surface area contributed by atoms with Crippen LogP contribution in [0.3, 0.4) is 0 Å². The Morgan fingerprint density at radius 3 is 2.92 bits per heavy atom. The highest BCUT2D eigenvalue weighted by Gasteiger charge is 1.96. The van der Waals surface area contributed by atoms with E-state index >= 15 is 0 Å². The number of aromatic nitrogens is 3. The van der Waals surface area contributed by atoms with Gasteiger partial charge >= 0.3 is 0 Å². The average molecular weight is 271 g/mol. The highest BCUT2D eigenvalue weighted by molar-refractivity contribution is 14.1. The maximum absolute atomic E-state index is 4.18. The second-order valence-corrected chi connectivity index (χ2v) is 3.53. The van der Waals surface area contributed by atoms with Gasteiger partial charge < -0.3 is 0 Å². The molecule has 0 amide bonds. The van der Waals surface area contributed by atoms with Crippen molar-refractivity contribution >= 4 is 22.6 Å². The van der Waals surface area contributed by atoms with Crippen LogP contribution in [0.15, 0.2) is 36.8 Å². The Hall–Kier alpha value is -0.910. The molecule has 0 spiro atoms. The summed E-state index contributed by atoms with van der Waals surface area (Å²) in [7, 11) is 0. The second kappa shape index (κ2) is 3.22. The van der Waals surface area contributed by atoms with E-state index in [1.54, 1.807) is 17.1 Å². The van der Waals surface area contributed by atoms with E-state index < -0.39 is 0 Å². The van der Waals surface area contributed by atoms with Gasteiger partial charge in [0.25, 0.3) is 0 Å². The molecule has 0 aliphatic carbocycles. The van der Waals surface area contributed by atoms with Crippen LogP contribution in [0.1, 0.15) is 0 Å². The third-order valence-electron chi connectivity index (χ3n) is 1.45. The zero-order valence-corrected chi connectivity index (χ0v) is 8.34. The molecule has 0 N–H and O–H groups in total. The van der Waals surface area contributed by atoms with Gasteiger partial charge in [-0.3, -0.25) is 0 Å². The van der Waals surface area contributed by atoms with Crippen molar-refractivity contribution in [3.63, 3.8) is 0 Å². The molecule has 0 fully saturated rings. The van der Waals surface area contributed by atoms with Gasteiger partial charge in [0.15, 0.2) is 5.82 Å². The fourth-order valence-electron chi connectivity index (χ4n) is 0.923. The number of halogens is 1. The lowest BCUT2D eigenvalue weighted by Crippen LogP contribution is -1.97. The Bertz CT molecular complexity index is 370. The minimum atomic E-state index is 0.854. The Kier molecular flexibility index (Phi) is 2.07. The van der Waals surface area contributed by atoms with Crippen molar-refractivity contribution in [2.75, 3.05) is 0 Å². The molecule has 0 aliphatic rings.